The molecule has 23 heavy (non-hydrogen) atoms. The first-order chi connectivity index (χ1) is 11.2. The van der Waals surface area contributed by atoms with E-state index >= 15 is 0 Å². The fourth-order valence-electron chi connectivity index (χ4n) is 2.41. The second-order valence-electron chi connectivity index (χ2n) is 5.23. The molecule has 1 aromatic carbocycles. The maximum Gasteiger partial charge on any atom is 0.252 e. The van der Waals surface area contributed by atoms with Crippen LogP contribution in [0.5, 0.6) is 0 Å². The van der Waals surface area contributed by atoms with E-state index in [1.165, 1.54) is 0 Å². The van der Waals surface area contributed by atoms with Crippen LogP contribution in [0.2, 0.25) is 0 Å². The van der Waals surface area contributed by atoms with Gasteiger partial charge in [-0.25, -0.2) is 4.98 Å². The van der Waals surface area contributed by atoms with E-state index in [0.717, 1.165) is 17.2 Å². The third-order valence-corrected chi connectivity index (χ3v) is 3.56. The van der Waals surface area contributed by atoms with Crippen LogP contribution in [-0.2, 0) is 6.42 Å². The summed E-state index contributed by atoms with van der Waals surface area (Å²) in [6, 6.07) is 13.6. The van der Waals surface area contributed by atoms with E-state index in [-0.39, 0.29) is 5.91 Å². The summed E-state index contributed by atoms with van der Waals surface area (Å²) in [5, 5.41) is 2.89. The fourth-order valence-corrected chi connectivity index (χ4v) is 2.41. The predicted octanol–water partition coefficient (Wildman–Crippen LogP) is 2.55. The molecule has 0 saturated carbocycles. The second kappa shape index (κ2) is 6.87. The van der Waals surface area contributed by atoms with Crippen LogP contribution in [-0.4, -0.2) is 27.0 Å². The average molecular weight is 306 g/mol. The Balaban J connectivity index is 1.60. The summed E-state index contributed by atoms with van der Waals surface area (Å²) in [4.78, 5) is 20.5. The molecule has 3 rings (SSSR count). The van der Waals surface area contributed by atoms with Gasteiger partial charge in [0.2, 0.25) is 0 Å². The third kappa shape index (κ3) is 3.63. The Morgan fingerprint density at radius 2 is 2.00 bits per heavy atom. The number of hydrogen-bond donors (Lipinski definition) is 1. The number of carbonyl (C=O) groups is 1. The van der Waals surface area contributed by atoms with Gasteiger partial charge >= 0.3 is 0 Å². The van der Waals surface area contributed by atoms with Crippen molar-refractivity contribution in [3.63, 3.8) is 0 Å². The van der Waals surface area contributed by atoms with Crippen molar-refractivity contribution in [1.29, 1.82) is 0 Å². The summed E-state index contributed by atoms with van der Waals surface area (Å²) in [5.74, 6) is 0.821. The largest absolute Gasteiger partial charge is 0.352 e. The van der Waals surface area contributed by atoms with Gasteiger partial charge in [0.1, 0.15) is 5.82 Å². The van der Waals surface area contributed by atoms with Crippen LogP contribution in [0, 0.1) is 6.92 Å². The van der Waals surface area contributed by atoms with E-state index in [1.54, 1.807) is 24.5 Å². The van der Waals surface area contributed by atoms with Crippen molar-refractivity contribution in [2.75, 3.05) is 6.54 Å². The number of para-hydroxylation sites is 1. The van der Waals surface area contributed by atoms with Gasteiger partial charge in [0.15, 0.2) is 0 Å². The van der Waals surface area contributed by atoms with Gasteiger partial charge < -0.3 is 9.88 Å². The van der Waals surface area contributed by atoms with Crippen molar-refractivity contribution in [2.45, 2.75) is 13.3 Å². The van der Waals surface area contributed by atoms with Crippen molar-refractivity contribution in [3.8, 4) is 5.69 Å². The van der Waals surface area contributed by atoms with Gasteiger partial charge in [-0.1, -0.05) is 18.2 Å². The number of nitrogens with one attached hydrogen (secondary N) is 1. The standard InChI is InChI=1S/C18H18N4O/c1-14-21-16(13-22(14)17-7-3-2-4-8-17)9-11-20-18(23)15-6-5-10-19-12-15/h2-8,10,12-13H,9,11H2,1H3,(H,20,23). The molecule has 0 bridgehead atoms. The zero-order valence-electron chi connectivity index (χ0n) is 12.9. The predicted molar refractivity (Wildman–Crippen MR) is 88.6 cm³/mol. The minimum absolute atomic E-state index is 0.114. The summed E-state index contributed by atoms with van der Waals surface area (Å²) in [5.41, 5.74) is 2.61. The molecular formula is C18H18N4O. The summed E-state index contributed by atoms with van der Waals surface area (Å²) >= 11 is 0. The maximum atomic E-state index is 12.0. The van der Waals surface area contributed by atoms with Crippen LogP contribution in [0.15, 0.2) is 61.1 Å². The molecule has 5 heteroatoms. The molecule has 2 heterocycles. The van der Waals surface area contributed by atoms with Gasteiger partial charge in [-0.15, -0.1) is 0 Å². The van der Waals surface area contributed by atoms with Gasteiger partial charge in [-0.3, -0.25) is 9.78 Å². The molecule has 5 nitrogen and oxygen atoms in total. The zero-order valence-corrected chi connectivity index (χ0v) is 12.9. The molecule has 1 N–H and O–H groups in total. The number of pyridine rings is 1. The van der Waals surface area contributed by atoms with Crippen LogP contribution < -0.4 is 5.32 Å². The molecule has 0 fully saturated rings. The molecule has 0 aliphatic rings. The van der Waals surface area contributed by atoms with Gasteiger partial charge in [0.25, 0.3) is 5.91 Å². The Morgan fingerprint density at radius 1 is 1.17 bits per heavy atom. The lowest BCUT2D eigenvalue weighted by atomic mass is 10.2. The number of imidazole rings is 1. The quantitative estimate of drug-likeness (QED) is 0.788. The summed E-state index contributed by atoms with van der Waals surface area (Å²) in [6.45, 7) is 2.52. The topological polar surface area (TPSA) is 59.8 Å². The van der Waals surface area contributed by atoms with Crippen LogP contribution in [0.25, 0.3) is 5.69 Å². The number of benzene rings is 1. The van der Waals surface area contributed by atoms with Gasteiger partial charge in [0.05, 0.1) is 11.3 Å². The van der Waals surface area contributed by atoms with E-state index in [9.17, 15) is 4.79 Å². The molecule has 0 aliphatic heterocycles. The van der Waals surface area contributed by atoms with E-state index < -0.39 is 0 Å². The SMILES string of the molecule is Cc1nc(CCNC(=O)c2cccnc2)cn1-c1ccccc1. The van der Waals surface area contributed by atoms with Gasteiger partial charge in [-0.2, -0.15) is 0 Å². The first-order valence-corrected chi connectivity index (χ1v) is 7.52. The minimum Gasteiger partial charge on any atom is -0.352 e. The van der Waals surface area contributed by atoms with E-state index in [2.05, 4.69) is 19.9 Å². The average Bonchev–Trinajstić information content (AvgIpc) is 2.97. The molecule has 116 valence electrons. The fraction of sp³-hybridized carbons (Fsp3) is 0.167. The van der Waals surface area contributed by atoms with Crippen molar-refractivity contribution < 1.29 is 4.79 Å². The highest BCUT2D eigenvalue weighted by Crippen LogP contribution is 2.12. The highest BCUT2D eigenvalue weighted by atomic mass is 16.1. The smallest absolute Gasteiger partial charge is 0.252 e. The third-order valence-electron chi connectivity index (χ3n) is 3.56. The van der Waals surface area contributed by atoms with E-state index in [4.69, 9.17) is 0 Å². The molecule has 0 unspecified atom stereocenters. The Morgan fingerprint density at radius 3 is 2.74 bits per heavy atom. The first kappa shape index (κ1) is 15.0. The monoisotopic (exact) mass is 306 g/mol. The maximum absolute atomic E-state index is 12.0. The van der Waals surface area contributed by atoms with Gasteiger partial charge in [0, 0.05) is 37.2 Å². The van der Waals surface area contributed by atoms with E-state index in [0.29, 0.717) is 18.5 Å². The van der Waals surface area contributed by atoms with Crippen molar-refractivity contribution in [2.24, 2.45) is 0 Å². The van der Waals surface area contributed by atoms with Crippen LogP contribution in [0.1, 0.15) is 21.9 Å². The normalized spacial score (nSPS) is 10.5. The van der Waals surface area contributed by atoms with Crippen molar-refractivity contribution in [1.82, 2.24) is 19.9 Å². The molecule has 2 aromatic heterocycles. The number of rotatable bonds is 5. The molecule has 0 atom stereocenters. The highest BCUT2D eigenvalue weighted by molar-refractivity contribution is 5.93. The van der Waals surface area contributed by atoms with Crippen LogP contribution in [0.3, 0.4) is 0 Å². The number of nitrogens with zero attached hydrogens (tertiary/aromatic N) is 3. The molecule has 0 radical (unpaired) electrons. The Labute approximate surface area is 135 Å². The molecule has 0 saturated heterocycles. The number of aryl methyl sites for hydroxylation is 1. The van der Waals surface area contributed by atoms with Crippen molar-refractivity contribution in [3.05, 3.63) is 78.1 Å². The Hall–Kier alpha value is -2.95. The van der Waals surface area contributed by atoms with Crippen molar-refractivity contribution >= 4 is 5.91 Å². The van der Waals surface area contributed by atoms with E-state index in [1.807, 2.05) is 43.5 Å². The highest BCUT2D eigenvalue weighted by Gasteiger charge is 2.07. The second-order valence-corrected chi connectivity index (χ2v) is 5.23. The molecule has 3 aromatic rings. The Bertz CT molecular complexity index is 781. The summed E-state index contributed by atoms with van der Waals surface area (Å²) in [7, 11) is 0. The number of hydrogen-bond acceptors (Lipinski definition) is 3. The molecular weight excluding hydrogens is 288 g/mol. The van der Waals surface area contributed by atoms with Gasteiger partial charge in [-0.05, 0) is 31.2 Å². The summed E-state index contributed by atoms with van der Waals surface area (Å²) < 4.78 is 2.05. The molecule has 0 aliphatic carbocycles. The first-order valence-electron chi connectivity index (χ1n) is 7.52. The lowest BCUT2D eigenvalue weighted by Crippen LogP contribution is -2.25. The number of carbonyl (C=O) groups excluding carboxylic acids is 1. The summed E-state index contributed by atoms with van der Waals surface area (Å²) in [6.07, 6.45) is 5.91. The lowest BCUT2D eigenvalue weighted by molar-refractivity contribution is 0.0953. The molecule has 1 amide bonds. The zero-order chi connectivity index (χ0) is 16.1. The Kier molecular flexibility index (Phi) is 4.47. The van der Waals surface area contributed by atoms with Crippen LogP contribution >= 0.6 is 0 Å². The number of amides is 1. The lowest BCUT2D eigenvalue weighted by Gasteiger charge is -2.04. The minimum atomic E-state index is -0.114. The molecule has 0 spiro atoms. The van der Waals surface area contributed by atoms with Crippen LogP contribution in [0.4, 0.5) is 0 Å². The number of aromatic nitrogens is 3.